The molecule has 0 aliphatic rings. The Morgan fingerprint density at radius 2 is 1.65 bits per heavy atom. The summed E-state index contributed by atoms with van der Waals surface area (Å²) in [6, 6.07) is 21.4. The van der Waals surface area contributed by atoms with Crippen LogP contribution in [-0.2, 0) is 6.54 Å². The molecule has 0 unspecified atom stereocenters. The van der Waals surface area contributed by atoms with Crippen LogP contribution in [0, 0.1) is 12.7 Å². The van der Waals surface area contributed by atoms with Crippen molar-refractivity contribution < 1.29 is 18.7 Å². The minimum absolute atomic E-state index is 0.261. The van der Waals surface area contributed by atoms with E-state index in [1.165, 1.54) is 34.5 Å². The van der Waals surface area contributed by atoms with Gasteiger partial charge in [-0.1, -0.05) is 6.07 Å². The lowest BCUT2D eigenvalue weighted by Crippen LogP contribution is -2.23. The number of carbonyl (C=O) groups excluding carboxylic acids is 1. The monoisotopic (exact) mass is 556 g/mol. The predicted molar refractivity (Wildman–Crippen MR) is 151 cm³/mol. The van der Waals surface area contributed by atoms with Crippen LogP contribution in [0.15, 0.2) is 93.7 Å². The highest BCUT2D eigenvalue weighted by Gasteiger charge is 2.14. The highest BCUT2D eigenvalue weighted by Crippen LogP contribution is 2.29. The number of nitrogens with one attached hydrogen (secondary N) is 1. The molecule has 40 heavy (non-hydrogen) atoms. The molecular weight excluding hydrogens is 531 g/mol. The van der Waals surface area contributed by atoms with Crippen LogP contribution in [0.3, 0.4) is 0 Å². The number of ether oxygens (including phenoxy) is 2. The first-order valence-electron chi connectivity index (χ1n) is 12.3. The van der Waals surface area contributed by atoms with Gasteiger partial charge in [-0.3, -0.25) is 14.2 Å². The van der Waals surface area contributed by atoms with Crippen molar-refractivity contribution in [3.63, 3.8) is 0 Å². The van der Waals surface area contributed by atoms with Gasteiger partial charge >= 0.3 is 0 Å². The molecule has 0 fully saturated rings. The number of methoxy groups -OCH3 is 2. The van der Waals surface area contributed by atoms with Gasteiger partial charge in [0.05, 0.1) is 25.6 Å². The van der Waals surface area contributed by atoms with Gasteiger partial charge in [-0.25, -0.2) is 14.4 Å². The van der Waals surface area contributed by atoms with Crippen molar-refractivity contribution in [1.82, 2.24) is 19.9 Å². The summed E-state index contributed by atoms with van der Waals surface area (Å²) in [6.07, 6.45) is 0. The average molecular weight is 557 g/mol. The lowest BCUT2D eigenvalue weighted by Gasteiger charge is -2.13. The summed E-state index contributed by atoms with van der Waals surface area (Å²) in [5, 5.41) is 4.05. The topological polar surface area (TPSA) is 95.3 Å². The van der Waals surface area contributed by atoms with Crippen LogP contribution in [0.25, 0.3) is 16.7 Å². The van der Waals surface area contributed by atoms with Crippen molar-refractivity contribution in [2.75, 3.05) is 14.2 Å². The molecule has 0 aliphatic carbocycles. The van der Waals surface area contributed by atoms with Crippen LogP contribution in [0.5, 0.6) is 11.5 Å². The van der Waals surface area contributed by atoms with E-state index in [9.17, 15) is 14.0 Å². The smallest absolute Gasteiger partial charge is 0.256 e. The van der Waals surface area contributed by atoms with Gasteiger partial charge in [0.15, 0.2) is 22.3 Å². The minimum Gasteiger partial charge on any atom is -0.493 e. The molecular formula is C30H25FN4O4S. The molecule has 10 heteroatoms. The van der Waals surface area contributed by atoms with Crippen molar-refractivity contribution in [3.8, 4) is 17.2 Å². The first-order chi connectivity index (χ1) is 19.4. The molecule has 1 amide bonds. The number of benzene rings is 3. The molecule has 0 spiro atoms. The largest absolute Gasteiger partial charge is 0.493 e. The van der Waals surface area contributed by atoms with E-state index in [0.717, 1.165) is 15.8 Å². The summed E-state index contributed by atoms with van der Waals surface area (Å²) >= 11 is 1.28. The number of aryl methyl sites for hydroxylation is 1. The van der Waals surface area contributed by atoms with E-state index in [2.05, 4.69) is 15.3 Å². The third kappa shape index (κ3) is 5.67. The Morgan fingerprint density at radius 3 is 2.35 bits per heavy atom. The SMILES string of the molecule is COc1ccc(CNC(=O)c2ccc(-n3c(=O)ccc4c(C)nc(Sc5ccc(F)cc5)nc43)cc2)cc1OC. The quantitative estimate of drug-likeness (QED) is 0.258. The lowest BCUT2D eigenvalue weighted by atomic mass is 10.1. The molecule has 1 N–H and O–H groups in total. The molecule has 0 saturated heterocycles. The first-order valence-corrected chi connectivity index (χ1v) is 13.1. The Labute approximate surface area is 233 Å². The van der Waals surface area contributed by atoms with Gasteiger partial charge in [-0.15, -0.1) is 0 Å². The van der Waals surface area contributed by atoms with Crippen molar-refractivity contribution >= 4 is 28.7 Å². The zero-order valence-corrected chi connectivity index (χ0v) is 22.8. The van der Waals surface area contributed by atoms with Crippen molar-refractivity contribution in [1.29, 1.82) is 0 Å². The molecule has 2 aromatic heterocycles. The Bertz CT molecular complexity index is 1760. The number of carbonyl (C=O) groups is 1. The molecule has 0 atom stereocenters. The third-order valence-corrected chi connectivity index (χ3v) is 7.10. The second-order valence-corrected chi connectivity index (χ2v) is 9.85. The Balaban J connectivity index is 1.40. The number of fused-ring (bicyclic) bond motifs is 1. The number of pyridine rings is 1. The van der Waals surface area contributed by atoms with Crippen LogP contribution < -0.4 is 20.3 Å². The van der Waals surface area contributed by atoms with Crippen molar-refractivity contribution in [2.24, 2.45) is 0 Å². The molecule has 202 valence electrons. The summed E-state index contributed by atoms with van der Waals surface area (Å²) in [4.78, 5) is 35.8. The normalized spacial score (nSPS) is 10.9. The standard InChI is InChI=1S/C30H25FN4O4S/c1-18-24-13-15-27(36)35(28(24)34-30(33-18)40-23-11-7-21(31)8-12-23)22-9-5-20(6-10-22)29(37)32-17-19-4-14-25(38-2)26(16-19)39-3/h4-16H,17H2,1-3H3,(H,32,37). The van der Waals surface area contributed by atoms with Gasteiger partial charge in [0, 0.05) is 28.5 Å². The van der Waals surface area contributed by atoms with E-state index in [4.69, 9.17) is 9.47 Å². The molecule has 0 bridgehead atoms. The van der Waals surface area contributed by atoms with E-state index >= 15 is 0 Å². The fourth-order valence-corrected chi connectivity index (χ4v) is 4.98. The van der Waals surface area contributed by atoms with Crippen LogP contribution in [0.2, 0.25) is 0 Å². The van der Waals surface area contributed by atoms with Gasteiger partial charge < -0.3 is 14.8 Å². The molecule has 0 aliphatic heterocycles. The van der Waals surface area contributed by atoms with E-state index < -0.39 is 0 Å². The Morgan fingerprint density at radius 1 is 0.925 bits per heavy atom. The summed E-state index contributed by atoms with van der Waals surface area (Å²) in [7, 11) is 3.12. The van der Waals surface area contributed by atoms with E-state index in [-0.39, 0.29) is 17.3 Å². The molecule has 5 rings (SSSR count). The van der Waals surface area contributed by atoms with Crippen LogP contribution >= 0.6 is 11.8 Å². The second-order valence-electron chi connectivity index (χ2n) is 8.81. The summed E-state index contributed by atoms with van der Waals surface area (Å²) in [6.45, 7) is 2.15. The van der Waals surface area contributed by atoms with Gasteiger partial charge in [0.25, 0.3) is 11.5 Å². The van der Waals surface area contributed by atoms with E-state index in [1.807, 2.05) is 19.1 Å². The number of hydrogen-bond acceptors (Lipinski definition) is 7. The lowest BCUT2D eigenvalue weighted by molar-refractivity contribution is 0.0951. The maximum atomic E-state index is 13.3. The summed E-state index contributed by atoms with van der Waals surface area (Å²) < 4.78 is 25.4. The van der Waals surface area contributed by atoms with Crippen molar-refractivity contribution in [3.05, 3.63) is 112 Å². The molecule has 0 saturated carbocycles. The molecule has 2 heterocycles. The first kappa shape index (κ1) is 26.9. The highest BCUT2D eigenvalue weighted by molar-refractivity contribution is 7.99. The van der Waals surface area contributed by atoms with Gasteiger partial charge in [-0.05, 0) is 91.0 Å². The second kappa shape index (κ2) is 11.6. The highest BCUT2D eigenvalue weighted by atomic mass is 32.2. The number of rotatable bonds is 8. The number of aromatic nitrogens is 3. The fraction of sp³-hybridized carbons (Fsp3) is 0.133. The van der Waals surface area contributed by atoms with E-state index in [0.29, 0.717) is 45.8 Å². The number of hydrogen-bond donors (Lipinski definition) is 1. The van der Waals surface area contributed by atoms with Gasteiger partial charge in [0.2, 0.25) is 0 Å². The average Bonchev–Trinajstić information content (AvgIpc) is 2.97. The summed E-state index contributed by atoms with van der Waals surface area (Å²) in [5.74, 6) is 0.602. The minimum atomic E-state index is -0.327. The van der Waals surface area contributed by atoms with Gasteiger partial charge in [0.1, 0.15) is 5.82 Å². The molecule has 5 aromatic rings. The molecule has 3 aromatic carbocycles. The van der Waals surface area contributed by atoms with Crippen LogP contribution in [0.1, 0.15) is 21.6 Å². The number of nitrogens with zero attached hydrogens (tertiary/aromatic N) is 3. The van der Waals surface area contributed by atoms with Crippen molar-refractivity contribution in [2.45, 2.75) is 23.5 Å². The van der Waals surface area contributed by atoms with Crippen LogP contribution in [0.4, 0.5) is 4.39 Å². The summed E-state index contributed by atoms with van der Waals surface area (Å²) in [5.41, 5.74) is 2.73. The fourth-order valence-electron chi connectivity index (χ4n) is 4.18. The molecule has 8 nitrogen and oxygen atoms in total. The zero-order chi connectivity index (χ0) is 28.2. The maximum Gasteiger partial charge on any atom is 0.256 e. The maximum absolute atomic E-state index is 13.3. The predicted octanol–water partition coefficient (Wildman–Crippen LogP) is 5.33. The Hall–Kier alpha value is -4.70. The number of halogens is 1. The van der Waals surface area contributed by atoms with E-state index in [1.54, 1.807) is 62.8 Å². The van der Waals surface area contributed by atoms with Gasteiger partial charge in [-0.2, -0.15) is 0 Å². The third-order valence-electron chi connectivity index (χ3n) is 6.23. The Kier molecular flexibility index (Phi) is 7.79. The number of amides is 1. The molecule has 0 radical (unpaired) electrons. The van der Waals surface area contributed by atoms with Crippen LogP contribution in [-0.4, -0.2) is 34.7 Å². The zero-order valence-electron chi connectivity index (χ0n) is 22.0.